The van der Waals surface area contributed by atoms with Gasteiger partial charge in [0.25, 0.3) is 0 Å². The number of nitrogens with one attached hydrogen (secondary N) is 2. The maximum absolute atomic E-state index is 12.1. The summed E-state index contributed by atoms with van der Waals surface area (Å²) in [4.78, 5) is 12.1. The number of halogens is 1. The van der Waals surface area contributed by atoms with Crippen LogP contribution in [-0.2, 0) is 4.79 Å². The van der Waals surface area contributed by atoms with Gasteiger partial charge in [0.1, 0.15) is 0 Å². The SMILES string of the molecule is CCC(NC(=O)C1CCCN1)c1ccc(Br)cc1. The van der Waals surface area contributed by atoms with Crippen molar-refractivity contribution >= 4 is 21.8 Å². The second-order valence-electron chi connectivity index (χ2n) is 4.67. The van der Waals surface area contributed by atoms with Gasteiger partial charge in [0.15, 0.2) is 0 Å². The number of benzene rings is 1. The molecule has 98 valence electrons. The van der Waals surface area contributed by atoms with E-state index in [1.165, 1.54) is 0 Å². The molecule has 2 rings (SSSR count). The Morgan fingerprint density at radius 3 is 2.78 bits per heavy atom. The predicted octanol–water partition coefficient (Wildman–Crippen LogP) is 2.77. The summed E-state index contributed by atoms with van der Waals surface area (Å²) < 4.78 is 1.06. The molecule has 1 aromatic carbocycles. The molecule has 2 atom stereocenters. The molecule has 1 aliphatic heterocycles. The number of amides is 1. The van der Waals surface area contributed by atoms with Crippen molar-refractivity contribution in [3.8, 4) is 0 Å². The smallest absolute Gasteiger partial charge is 0.237 e. The van der Waals surface area contributed by atoms with Gasteiger partial charge in [-0.2, -0.15) is 0 Å². The van der Waals surface area contributed by atoms with Gasteiger partial charge in [-0.1, -0.05) is 35.0 Å². The molecule has 3 nitrogen and oxygen atoms in total. The van der Waals surface area contributed by atoms with Crippen LogP contribution in [0.25, 0.3) is 0 Å². The molecule has 0 spiro atoms. The maximum Gasteiger partial charge on any atom is 0.237 e. The molecule has 2 unspecified atom stereocenters. The van der Waals surface area contributed by atoms with Crippen LogP contribution in [0, 0.1) is 0 Å². The van der Waals surface area contributed by atoms with Crippen molar-refractivity contribution in [3.63, 3.8) is 0 Å². The molecule has 0 bridgehead atoms. The summed E-state index contributed by atoms with van der Waals surface area (Å²) in [5.74, 6) is 0.127. The van der Waals surface area contributed by atoms with Gasteiger partial charge in [-0.15, -0.1) is 0 Å². The van der Waals surface area contributed by atoms with Crippen LogP contribution in [0.2, 0.25) is 0 Å². The van der Waals surface area contributed by atoms with Gasteiger partial charge in [-0.25, -0.2) is 0 Å². The third-order valence-electron chi connectivity index (χ3n) is 3.37. The topological polar surface area (TPSA) is 41.1 Å². The van der Waals surface area contributed by atoms with Crippen molar-refractivity contribution in [2.24, 2.45) is 0 Å². The fourth-order valence-electron chi connectivity index (χ4n) is 2.30. The van der Waals surface area contributed by atoms with Gasteiger partial charge in [0, 0.05) is 4.47 Å². The summed E-state index contributed by atoms with van der Waals surface area (Å²) in [6.45, 7) is 3.04. The Bertz CT molecular complexity index is 399. The lowest BCUT2D eigenvalue weighted by Gasteiger charge is -2.20. The Hall–Kier alpha value is -0.870. The molecule has 1 aliphatic rings. The van der Waals surface area contributed by atoms with Crippen LogP contribution >= 0.6 is 15.9 Å². The first-order chi connectivity index (χ1) is 8.70. The molecule has 1 saturated heterocycles. The van der Waals surface area contributed by atoms with Crippen LogP contribution in [0.3, 0.4) is 0 Å². The van der Waals surface area contributed by atoms with E-state index in [1.807, 2.05) is 12.1 Å². The lowest BCUT2D eigenvalue weighted by molar-refractivity contribution is -0.123. The highest BCUT2D eigenvalue weighted by atomic mass is 79.9. The minimum Gasteiger partial charge on any atom is -0.348 e. The first-order valence-corrected chi connectivity index (χ1v) is 7.29. The number of carbonyl (C=O) groups excluding carboxylic acids is 1. The highest BCUT2D eigenvalue weighted by molar-refractivity contribution is 9.10. The van der Waals surface area contributed by atoms with E-state index in [9.17, 15) is 4.79 Å². The molecule has 1 amide bonds. The molecular weight excluding hydrogens is 292 g/mol. The molecular formula is C14H19BrN2O. The van der Waals surface area contributed by atoms with Gasteiger partial charge in [0.2, 0.25) is 5.91 Å². The van der Waals surface area contributed by atoms with E-state index in [4.69, 9.17) is 0 Å². The molecule has 2 N–H and O–H groups in total. The first kappa shape index (κ1) is 13.6. The summed E-state index contributed by atoms with van der Waals surface area (Å²) in [6.07, 6.45) is 2.94. The number of carbonyl (C=O) groups is 1. The number of rotatable bonds is 4. The Morgan fingerprint density at radius 1 is 1.50 bits per heavy atom. The molecule has 1 aromatic rings. The Labute approximate surface area is 116 Å². The fraction of sp³-hybridized carbons (Fsp3) is 0.500. The zero-order valence-corrected chi connectivity index (χ0v) is 12.2. The van der Waals surface area contributed by atoms with Gasteiger partial charge < -0.3 is 10.6 Å². The van der Waals surface area contributed by atoms with Crippen LogP contribution in [0.5, 0.6) is 0 Å². The summed E-state index contributed by atoms with van der Waals surface area (Å²) in [5.41, 5.74) is 1.16. The quantitative estimate of drug-likeness (QED) is 0.898. The van der Waals surface area contributed by atoms with Gasteiger partial charge in [0.05, 0.1) is 12.1 Å². The van der Waals surface area contributed by atoms with Crippen molar-refractivity contribution in [2.75, 3.05) is 6.54 Å². The van der Waals surface area contributed by atoms with Crippen LogP contribution in [0.15, 0.2) is 28.7 Å². The van der Waals surface area contributed by atoms with Crippen LogP contribution in [0.4, 0.5) is 0 Å². The monoisotopic (exact) mass is 310 g/mol. The first-order valence-electron chi connectivity index (χ1n) is 6.50. The van der Waals surface area contributed by atoms with Crippen molar-refractivity contribution < 1.29 is 4.79 Å². The van der Waals surface area contributed by atoms with Crippen LogP contribution in [-0.4, -0.2) is 18.5 Å². The molecule has 0 saturated carbocycles. The molecule has 4 heteroatoms. The van der Waals surface area contributed by atoms with E-state index in [2.05, 4.69) is 45.6 Å². The zero-order chi connectivity index (χ0) is 13.0. The van der Waals surface area contributed by atoms with Crippen molar-refractivity contribution in [2.45, 2.75) is 38.3 Å². The third-order valence-corrected chi connectivity index (χ3v) is 3.90. The van der Waals surface area contributed by atoms with Crippen LogP contribution in [0.1, 0.15) is 37.8 Å². The lowest BCUT2D eigenvalue weighted by Crippen LogP contribution is -2.41. The minimum absolute atomic E-state index is 0.00509. The molecule has 1 heterocycles. The summed E-state index contributed by atoms with van der Waals surface area (Å²) in [7, 11) is 0. The molecule has 0 aromatic heterocycles. The Morgan fingerprint density at radius 2 is 2.22 bits per heavy atom. The number of hydrogen-bond donors (Lipinski definition) is 2. The highest BCUT2D eigenvalue weighted by Crippen LogP contribution is 2.20. The van der Waals surface area contributed by atoms with Crippen molar-refractivity contribution in [1.29, 1.82) is 0 Å². The number of hydrogen-bond acceptors (Lipinski definition) is 2. The second kappa shape index (κ2) is 6.34. The summed E-state index contributed by atoms with van der Waals surface area (Å²) in [5, 5.41) is 6.35. The molecule has 1 fully saturated rings. The second-order valence-corrected chi connectivity index (χ2v) is 5.59. The van der Waals surface area contributed by atoms with E-state index in [0.717, 1.165) is 35.8 Å². The third kappa shape index (κ3) is 3.33. The maximum atomic E-state index is 12.1. The summed E-state index contributed by atoms with van der Waals surface area (Å²) in [6, 6.07) is 8.24. The van der Waals surface area contributed by atoms with Gasteiger partial charge in [-0.3, -0.25) is 4.79 Å². The fourth-order valence-corrected chi connectivity index (χ4v) is 2.56. The average Bonchev–Trinajstić information content (AvgIpc) is 2.91. The average molecular weight is 311 g/mol. The molecule has 0 aliphatic carbocycles. The zero-order valence-electron chi connectivity index (χ0n) is 10.6. The normalized spacial score (nSPS) is 20.7. The molecule has 0 radical (unpaired) electrons. The largest absolute Gasteiger partial charge is 0.348 e. The van der Waals surface area contributed by atoms with Crippen LogP contribution < -0.4 is 10.6 Å². The predicted molar refractivity (Wildman–Crippen MR) is 76.3 cm³/mol. The van der Waals surface area contributed by atoms with Gasteiger partial charge >= 0.3 is 0 Å². The summed E-state index contributed by atoms with van der Waals surface area (Å²) >= 11 is 3.42. The Kier molecular flexibility index (Phi) is 4.78. The van der Waals surface area contributed by atoms with Crippen molar-refractivity contribution in [1.82, 2.24) is 10.6 Å². The molecule has 18 heavy (non-hydrogen) atoms. The highest BCUT2D eigenvalue weighted by Gasteiger charge is 2.24. The Balaban J connectivity index is 2.00. The van der Waals surface area contributed by atoms with E-state index in [1.54, 1.807) is 0 Å². The standard InChI is InChI=1S/C14H19BrN2O/c1-2-12(10-5-7-11(15)8-6-10)17-14(18)13-4-3-9-16-13/h5-8,12-13,16H,2-4,9H2,1H3,(H,17,18). The van der Waals surface area contributed by atoms with E-state index < -0.39 is 0 Å². The van der Waals surface area contributed by atoms with E-state index >= 15 is 0 Å². The lowest BCUT2D eigenvalue weighted by atomic mass is 10.0. The van der Waals surface area contributed by atoms with E-state index in [0.29, 0.717) is 0 Å². The minimum atomic E-state index is -0.00509. The van der Waals surface area contributed by atoms with E-state index in [-0.39, 0.29) is 18.0 Å². The van der Waals surface area contributed by atoms with Crippen molar-refractivity contribution in [3.05, 3.63) is 34.3 Å². The van der Waals surface area contributed by atoms with Gasteiger partial charge in [-0.05, 0) is 43.5 Å².